The number of hydrogen-bond donors (Lipinski definition) is 3. The summed E-state index contributed by atoms with van der Waals surface area (Å²) in [6.07, 6.45) is 0. The molecule has 1 aromatic heterocycles. The Morgan fingerprint density at radius 1 is 1.20 bits per heavy atom. The first kappa shape index (κ1) is 9.73. The van der Waals surface area contributed by atoms with Crippen molar-refractivity contribution in [2.45, 2.75) is 13.8 Å². The van der Waals surface area contributed by atoms with Crippen molar-refractivity contribution in [2.24, 2.45) is 5.84 Å². The Labute approximate surface area is 88.5 Å². The first-order chi connectivity index (χ1) is 7.20. The van der Waals surface area contributed by atoms with E-state index in [0.717, 1.165) is 17.0 Å². The van der Waals surface area contributed by atoms with Crippen molar-refractivity contribution in [3.8, 4) is 11.3 Å². The number of nitrogens with two attached hydrogens (primary N) is 1. The monoisotopic (exact) mass is 202 g/mol. The van der Waals surface area contributed by atoms with Crippen molar-refractivity contribution in [2.75, 3.05) is 5.43 Å². The van der Waals surface area contributed by atoms with Crippen LogP contribution in [0.25, 0.3) is 11.3 Å². The van der Waals surface area contributed by atoms with Gasteiger partial charge in [0, 0.05) is 11.3 Å². The van der Waals surface area contributed by atoms with Gasteiger partial charge in [0.1, 0.15) is 0 Å². The minimum atomic E-state index is 0.586. The molecule has 0 aliphatic carbocycles. The zero-order valence-electron chi connectivity index (χ0n) is 8.83. The smallest absolute Gasteiger partial charge is 0.215 e. The number of imidazole rings is 1. The Balaban J connectivity index is 2.44. The Hall–Kier alpha value is -1.81. The van der Waals surface area contributed by atoms with E-state index in [4.69, 9.17) is 5.84 Å². The largest absolute Gasteiger partial charge is 0.327 e. The van der Waals surface area contributed by atoms with Gasteiger partial charge in [-0.2, -0.15) is 0 Å². The average molecular weight is 202 g/mol. The molecule has 0 saturated carbocycles. The summed E-state index contributed by atoms with van der Waals surface area (Å²) in [6, 6.07) is 8.25. The van der Waals surface area contributed by atoms with Gasteiger partial charge in [0.05, 0.1) is 5.69 Å². The van der Waals surface area contributed by atoms with Gasteiger partial charge in [-0.1, -0.05) is 29.8 Å². The van der Waals surface area contributed by atoms with Crippen molar-refractivity contribution in [3.05, 3.63) is 35.5 Å². The highest BCUT2D eigenvalue weighted by Crippen LogP contribution is 2.22. The zero-order chi connectivity index (χ0) is 10.8. The highest BCUT2D eigenvalue weighted by Gasteiger charge is 2.07. The van der Waals surface area contributed by atoms with Crippen molar-refractivity contribution >= 4 is 5.95 Å². The summed E-state index contributed by atoms with van der Waals surface area (Å²) in [6.45, 7) is 4.04. The number of nitrogens with zero attached hydrogens (tertiary/aromatic N) is 1. The maximum atomic E-state index is 5.29. The van der Waals surface area contributed by atoms with Crippen LogP contribution in [0, 0.1) is 13.8 Å². The van der Waals surface area contributed by atoms with Crippen LogP contribution in [0.1, 0.15) is 11.3 Å². The minimum Gasteiger partial charge on any atom is -0.327 e. The standard InChI is InChI=1S/C11H14N4/c1-7-3-5-9(6-4-7)10-8(2)13-11(14-10)15-12/h3-6H,12H2,1-2H3,(H2,13,14,15). The van der Waals surface area contributed by atoms with Crippen LogP contribution in [-0.4, -0.2) is 9.97 Å². The summed E-state index contributed by atoms with van der Waals surface area (Å²) < 4.78 is 0. The molecule has 15 heavy (non-hydrogen) atoms. The van der Waals surface area contributed by atoms with E-state index in [1.807, 2.05) is 6.92 Å². The maximum Gasteiger partial charge on any atom is 0.215 e. The van der Waals surface area contributed by atoms with Gasteiger partial charge in [-0.15, -0.1) is 0 Å². The summed E-state index contributed by atoms with van der Waals surface area (Å²) in [5, 5.41) is 0. The summed E-state index contributed by atoms with van der Waals surface area (Å²) >= 11 is 0. The van der Waals surface area contributed by atoms with Crippen LogP contribution in [0.15, 0.2) is 24.3 Å². The Kier molecular flexibility index (Phi) is 2.43. The van der Waals surface area contributed by atoms with Gasteiger partial charge >= 0.3 is 0 Å². The molecule has 0 unspecified atom stereocenters. The molecule has 4 nitrogen and oxygen atoms in total. The number of nitrogens with one attached hydrogen (secondary N) is 2. The molecule has 2 aromatic rings. The lowest BCUT2D eigenvalue weighted by Gasteiger charge is -1.98. The highest BCUT2D eigenvalue weighted by molar-refractivity contribution is 5.64. The second-order valence-corrected chi connectivity index (χ2v) is 3.57. The molecule has 2 rings (SSSR count). The number of aromatic amines is 1. The average Bonchev–Trinajstić information content (AvgIpc) is 2.61. The van der Waals surface area contributed by atoms with E-state index in [-0.39, 0.29) is 0 Å². The molecule has 78 valence electrons. The van der Waals surface area contributed by atoms with E-state index in [0.29, 0.717) is 5.95 Å². The normalized spacial score (nSPS) is 10.3. The fourth-order valence-electron chi connectivity index (χ4n) is 1.52. The van der Waals surface area contributed by atoms with Gasteiger partial charge in [-0.05, 0) is 13.8 Å². The molecule has 0 saturated heterocycles. The van der Waals surface area contributed by atoms with Crippen LogP contribution in [0.3, 0.4) is 0 Å². The molecule has 0 aliphatic heterocycles. The number of anilines is 1. The fraction of sp³-hybridized carbons (Fsp3) is 0.182. The Bertz CT molecular complexity index is 456. The molecule has 0 aliphatic rings. The Morgan fingerprint density at radius 3 is 2.40 bits per heavy atom. The molecular weight excluding hydrogens is 188 g/mol. The van der Waals surface area contributed by atoms with Crippen LogP contribution in [0.5, 0.6) is 0 Å². The lowest BCUT2D eigenvalue weighted by molar-refractivity contribution is 1.18. The molecule has 1 heterocycles. The van der Waals surface area contributed by atoms with Crippen LogP contribution in [0.2, 0.25) is 0 Å². The van der Waals surface area contributed by atoms with Crippen LogP contribution in [0.4, 0.5) is 5.95 Å². The van der Waals surface area contributed by atoms with E-state index in [2.05, 4.69) is 46.6 Å². The zero-order valence-corrected chi connectivity index (χ0v) is 8.83. The molecule has 0 spiro atoms. The summed E-state index contributed by atoms with van der Waals surface area (Å²) in [4.78, 5) is 7.40. The number of aromatic nitrogens is 2. The summed E-state index contributed by atoms with van der Waals surface area (Å²) in [5.41, 5.74) is 6.78. The number of hydrogen-bond acceptors (Lipinski definition) is 3. The number of nitrogen functional groups attached to an aromatic ring is 1. The van der Waals surface area contributed by atoms with E-state index >= 15 is 0 Å². The van der Waals surface area contributed by atoms with E-state index in [9.17, 15) is 0 Å². The molecule has 1 aromatic carbocycles. The molecule has 4 N–H and O–H groups in total. The van der Waals surface area contributed by atoms with Crippen molar-refractivity contribution in [3.63, 3.8) is 0 Å². The van der Waals surface area contributed by atoms with Gasteiger partial charge in [0.2, 0.25) is 5.95 Å². The van der Waals surface area contributed by atoms with Gasteiger partial charge in [0.25, 0.3) is 0 Å². The van der Waals surface area contributed by atoms with Gasteiger partial charge in [-0.25, -0.2) is 10.8 Å². The molecular formula is C11H14N4. The third-order valence-electron chi connectivity index (χ3n) is 2.35. The number of rotatable bonds is 2. The molecule has 0 amide bonds. The molecule has 0 atom stereocenters. The van der Waals surface area contributed by atoms with Crippen molar-refractivity contribution in [1.29, 1.82) is 0 Å². The number of hydrazine groups is 1. The van der Waals surface area contributed by atoms with Gasteiger partial charge in [-0.3, -0.25) is 5.43 Å². The third kappa shape index (κ3) is 1.85. The molecule has 0 radical (unpaired) electrons. The van der Waals surface area contributed by atoms with Crippen molar-refractivity contribution < 1.29 is 0 Å². The first-order valence-corrected chi connectivity index (χ1v) is 4.81. The van der Waals surface area contributed by atoms with E-state index in [1.54, 1.807) is 0 Å². The predicted molar refractivity (Wildman–Crippen MR) is 61.3 cm³/mol. The second-order valence-electron chi connectivity index (χ2n) is 3.57. The number of H-pyrrole nitrogens is 1. The topological polar surface area (TPSA) is 66.7 Å². The SMILES string of the molecule is Cc1ccc(-c2nc(NN)[nH]c2C)cc1. The molecule has 0 bridgehead atoms. The number of benzene rings is 1. The van der Waals surface area contributed by atoms with E-state index in [1.165, 1.54) is 5.56 Å². The van der Waals surface area contributed by atoms with Crippen LogP contribution >= 0.6 is 0 Å². The molecule has 0 fully saturated rings. The Morgan fingerprint density at radius 2 is 1.87 bits per heavy atom. The highest BCUT2D eigenvalue weighted by atomic mass is 15.3. The lowest BCUT2D eigenvalue weighted by atomic mass is 10.1. The third-order valence-corrected chi connectivity index (χ3v) is 2.35. The van der Waals surface area contributed by atoms with Crippen LogP contribution < -0.4 is 11.3 Å². The second kappa shape index (κ2) is 3.74. The maximum absolute atomic E-state index is 5.29. The minimum absolute atomic E-state index is 0.586. The van der Waals surface area contributed by atoms with E-state index < -0.39 is 0 Å². The summed E-state index contributed by atoms with van der Waals surface area (Å²) in [7, 11) is 0. The number of aryl methyl sites for hydroxylation is 2. The predicted octanol–water partition coefficient (Wildman–Crippen LogP) is 1.98. The quantitative estimate of drug-likeness (QED) is 0.515. The fourth-order valence-corrected chi connectivity index (χ4v) is 1.52. The lowest BCUT2D eigenvalue weighted by Crippen LogP contribution is -2.07. The first-order valence-electron chi connectivity index (χ1n) is 4.81. The van der Waals surface area contributed by atoms with Gasteiger partial charge < -0.3 is 4.98 Å². The summed E-state index contributed by atoms with van der Waals surface area (Å²) in [5.74, 6) is 5.88. The van der Waals surface area contributed by atoms with Gasteiger partial charge in [0.15, 0.2) is 0 Å². The van der Waals surface area contributed by atoms with Crippen LogP contribution in [-0.2, 0) is 0 Å². The molecule has 4 heteroatoms. The van der Waals surface area contributed by atoms with Crippen molar-refractivity contribution in [1.82, 2.24) is 9.97 Å².